The zero-order chi connectivity index (χ0) is 19.7. The summed E-state index contributed by atoms with van der Waals surface area (Å²) < 4.78 is 0. The summed E-state index contributed by atoms with van der Waals surface area (Å²) >= 11 is 0. The van der Waals surface area contributed by atoms with E-state index in [2.05, 4.69) is 24.3 Å². The molecule has 0 fully saturated rings. The van der Waals surface area contributed by atoms with Crippen molar-refractivity contribution in [1.29, 1.82) is 0 Å². The van der Waals surface area contributed by atoms with Crippen molar-refractivity contribution < 1.29 is 9.59 Å². The van der Waals surface area contributed by atoms with Crippen LogP contribution in [0.3, 0.4) is 0 Å². The summed E-state index contributed by atoms with van der Waals surface area (Å²) in [6, 6.07) is 20.5. The molecule has 0 N–H and O–H groups in total. The Labute approximate surface area is 166 Å². The molecule has 2 aliphatic rings. The molecule has 4 rings (SSSR count). The highest BCUT2D eigenvalue weighted by atomic mass is 16.1. The molecule has 0 radical (unpaired) electrons. The van der Waals surface area contributed by atoms with Crippen molar-refractivity contribution in [2.75, 3.05) is 0 Å². The molecular weight excluding hydrogens is 346 g/mol. The Bertz CT molecular complexity index is 917. The van der Waals surface area contributed by atoms with Crippen LogP contribution in [0.5, 0.6) is 0 Å². The van der Waals surface area contributed by atoms with Crippen LogP contribution >= 0.6 is 0 Å². The van der Waals surface area contributed by atoms with Gasteiger partial charge in [-0.2, -0.15) is 0 Å². The van der Waals surface area contributed by atoms with E-state index < -0.39 is 0 Å². The molecule has 0 amide bonds. The van der Waals surface area contributed by atoms with Crippen molar-refractivity contribution in [3.63, 3.8) is 0 Å². The van der Waals surface area contributed by atoms with Crippen molar-refractivity contribution in [2.45, 2.75) is 39.0 Å². The van der Waals surface area contributed by atoms with Crippen molar-refractivity contribution in [1.82, 2.24) is 0 Å². The summed E-state index contributed by atoms with van der Waals surface area (Å²) in [4.78, 5) is 30.3. The molecule has 28 heavy (non-hydrogen) atoms. The molecule has 2 aromatic carbocycles. The number of benzene rings is 2. The van der Waals surface area contributed by atoms with Gasteiger partial charge in [0, 0.05) is 28.8 Å². The molecule has 0 saturated carbocycles. The third-order valence-corrected chi connectivity index (χ3v) is 6.10. The molecule has 2 atom stereocenters. The van der Waals surface area contributed by atoms with Gasteiger partial charge in [0.05, 0.1) is 5.92 Å². The van der Waals surface area contributed by atoms with Gasteiger partial charge in [0.15, 0.2) is 5.78 Å². The molecular formula is C25H25NO2. The summed E-state index contributed by atoms with van der Waals surface area (Å²) in [5.41, 5.74) is 4.78. The molecule has 1 aliphatic carbocycles. The van der Waals surface area contributed by atoms with Crippen molar-refractivity contribution >= 4 is 17.3 Å². The zero-order valence-electron chi connectivity index (χ0n) is 16.4. The highest BCUT2D eigenvalue weighted by Gasteiger charge is 2.40. The van der Waals surface area contributed by atoms with Crippen molar-refractivity contribution in [3.05, 3.63) is 83.1 Å². The number of hydrogen-bond donors (Lipinski definition) is 0. The van der Waals surface area contributed by atoms with E-state index in [9.17, 15) is 9.59 Å². The molecule has 2 unspecified atom stereocenters. The van der Waals surface area contributed by atoms with Crippen LogP contribution in [0.2, 0.25) is 0 Å². The molecule has 1 heterocycles. The van der Waals surface area contributed by atoms with Gasteiger partial charge < -0.3 is 0 Å². The molecule has 0 bridgehead atoms. The number of ketones is 2. The highest BCUT2D eigenvalue weighted by molar-refractivity contribution is 6.15. The second-order valence-electron chi connectivity index (χ2n) is 7.87. The molecule has 3 nitrogen and oxygen atoms in total. The Morgan fingerprint density at radius 2 is 1.57 bits per heavy atom. The molecule has 0 spiro atoms. The van der Waals surface area contributed by atoms with Gasteiger partial charge >= 0.3 is 0 Å². The van der Waals surface area contributed by atoms with E-state index in [0.717, 1.165) is 34.5 Å². The van der Waals surface area contributed by atoms with Crippen LogP contribution in [0, 0.1) is 11.8 Å². The minimum atomic E-state index is -0.294. The number of rotatable bonds is 4. The summed E-state index contributed by atoms with van der Waals surface area (Å²) in [7, 11) is 0. The summed E-state index contributed by atoms with van der Waals surface area (Å²) in [6.45, 7) is 3.60. The fourth-order valence-electron chi connectivity index (χ4n) is 4.60. The van der Waals surface area contributed by atoms with Gasteiger partial charge in [0.2, 0.25) is 0 Å². The molecule has 0 saturated heterocycles. The smallest absolute Gasteiger partial charge is 0.170 e. The standard InChI is InChI=1S/C25H25NO2/c1-16-23(25(28)21-14-13-20(17(2)27)15-22(21)26-16)24(18-9-5-3-6-10-18)19-11-7-4-8-12-19/h3-12,20,23-24H,13-15H2,1-2H3. The van der Waals surface area contributed by atoms with E-state index in [-0.39, 0.29) is 29.3 Å². The van der Waals surface area contributed by atoms with Gasteiger partial charge in [-0.3, -0.25) is 14.6 Å². The fourth-order valence-corrected chi connectivity index (χ4v) is 4.60. The number of aliphatic imine (C=N–C) groups is 1. The second kappa shape index (κ2) is 7.67. The predicted molar refractivity (Wildman–Crippen MR) is 111 cm³/mol. The largest absolute Gasteiger partial charge is 0.300 e. The lowest BCUT2D eigenvalue weighted by Crippen LogP contribution is -2.36. The first kappa shape index (κ1) is 18.5. The predicted octanol–water partition coefficient (Wildman–Crippen LogP) is 5.12. The average Bonchev–Trinajstić information content (AvgIpc) is 2.72. The van der Waals surface area contributed by atoms with Gasteiger partial charge in [0.1, 0.15) is 5.78 Å². The van der Waals surface area contributed by atoms with Crippen LogP contribution in [0.1, 0.15) is 50.2 Å². The number of carbonyl (C=O) groups excluding carboxylic acids is 2. The quantitative estimate of drug-likeness (QED) is 0.749. The van der Waals surface area contributed by atoms with Crippen LogP contribution in [-0.4, -0.2) is 17.3 Å². The second-order valence-corrected chi connectivity index (χ2v) is 7.87. The maximum Gasteiger partial charge on any atom is 0.170 e. The number of allylic oxidation sites excluding steroid dienone is 2. The van der Waals surface area contributed by atoms with Gasteiger partial charge in [-0.1, -0.05) is 60.7 Å². The molecule has 1 aliphatic heterocycles. The van der Waals surface area contributed by atoms with E-state index in [0.29, 0.717) is 12.8 Å². The van der Waals surface area contributed by atoms with Crippen molar-refractivity contribution in [2.24, 2.45) is 16.8 Å². The lowest BCUT2D eigenvalue weighted by molar-refractivity contribution is -0.122. The molecule has 3 heteroatoms. The van der Waals surface area contributed by atoms with Crippen LogP contribution in [0.25, 0.3) is 0 Å². The van der Waals surface area contributed by atoms with E-state index in [1.54, 1.807) is 6.92 Å². The first-order chi connectivity index (χ1) is 13.6. The maximum absolute atomic E-state index is 13.6. The first-order valence-corrected chi connectivity index (χ1v) is 9.98. The summed E-state index contributed by atoms with van der Waals surface area (Å²) in [6.07, 6.45) is 2.01. The number of hydrogen-bond acceptors (Lipinski definition) is 3. The Kier molecular flexibility index (Phi) is 5.08. The highest BCUT2D eigenvalue weighted by Crippen LogP contribution is 2.42. The minimum Gasteiger partial charge on any atom is -0.300 e. The third kappa shape index (κ3) is 3.37. The lowest BCUT2D eigenvalue weighted by atomic mass is 9.71. The fraction of sp³-hybridized carbons (Fsp3) is 0.320. The molecule has 0 aromatic heterocycles. The lowest BCUT2D eigenvalue weighted by Gasteiger charge is -2.34. The van der Waals surface area contributed by atoms with Crippen LogP contribution < -0.4 is 0 Å². The number of Topliss-reactive ketones (excluding diaryl/α,β-unsaturated/α-hetero) is 2. The van der Waals surface area contributed by atoms with Crippen LogP contribution in [0.4, 0.5) is 0 Å². The van der Waals surface area contributed by atoms with E-state index >= 15 is 0 Å². The van der Waals surface area contributed by atoms with Gasteiger partial charge in [-0.15, -0.1) is 0 Å². The topological polar surface area (TPSA) is 46.5 Å². The third-order valence-electron chi connectivity index (χ3n) is 6.10. The molecule has 2 aromatic rings. The Balaban J connectivity index is 1.76. The zero-order valence-corrected chi connectivity index (χ0v) is 16.4. The maximum atomic E-state index is 13.6. The SMILES string of the molecule is CC(=O)C1CCC2=C(C1)N=C(C)C(C(c1ccccc1)c1ccccc1)C2=O. The van der Waals surface area contributed by atoms with Gasteiger partial charge in [-0.05, 0) is 44.2 Å². The Morgan fingerprint density at radius 3 is 2.11 bits per heavy atom. The average molecular weight is 371 g/mol. The van der Waals surface area contributed by atoms with Crippen LogP contribution in [0.15, 0.2) is 76.9 Å². The van der Waals surface area contributed by atoms with Crippen molar-refractivity contribution in [3.8, 4) is 0 Å². The molecule has 142 valence electrons. The van der Waals surface area contributed by atoms with E-state index in [1.165, 1.54) is 0 Å². The number of nitrogens with zero attached hydrogens (tertiary/aromatic N) is 1. The van der Waals surface area contributed by atoms with Crippen LogP contribution in [-0.2, 0) is 9.59 Å². The number of carbonyl (C=O) groups is 2. The van der Waals surface area contributed by atoms with Gasteiger partial charge in [0.25, 0.3) is 0 Å². The van der Waals surface area contributed by atoms with E-state index in [1.807, 2.05) is 43.3 Å². The Hall–Kier alpha value is -2.81. The first-order valence-electron chi connectivity index (χ1n) is 9.98. The Morgan fingerprint density at radius 1 is 1.00 bits per heavy atom. The minimum absolute atomic E-state index is 0.00121. The van der Waals surface area contributed by atoms with E-state index in [4.69, 9.17) is 4.99 Å². The normalized spacial score (nSPS) is 22.1. The summed E-state index contributed by atoms with van der Waals surface area (Å²) in [5, 5.41) is 0. The summed E-state index contributed by atoms with van der Waals surface area (Å²) in [5.74, 6) is 0.0250. The van der Waals surface area contributed by atoms with Gasteiger partial charge in [-0.25, -0.2) is 0 Å². The monoisotopic (exact) mass is 371 g/mol.